The Morgan fingerprint density at radius 1 is 1.02 bits per heavy atom. The lowest BCUT2D eigenvalue weighted by molar-refractivity contribution is 0.122. The Labute approximate surface area is 246 Å². The number of nitrogens with one attached hydrogen (secondary N) is 3. The molecule has 0 saturated carbocycles. The third-order valence-electron chi connectivity index (χ3n) is 6.11. The maximum atomic E-state index is 13.0. The van der Waals surface area contributed by atoms with Gasteiger partial charge in [0.05, 0.1) is 49.7 Å². The monoisotopic (exact) mass is 604 g/mol. The molecular weight excluding hydrogens is 568 g/mol. The minimum absolute atomic E-state index is 0.0866. The number of para-hydroxylation sites is 1. The molecule has 0 bridgehead atoms. The molecule has 4 rings (SSSR count). The average Bonchev–Trinajstić information content (AvgIpc) is 2.96. The first-order chi connectivity index (χ1) is 19.7. The van der Waals surface area contributed by atoms with Crippen LogP contribution in [0.4, 0.5) is 28.8 Å². The topological polar surface area (TPSA) is 127 Å². The van der Waals surface area contributed by atoms with E-state index >= 15 is 0 Å². The van der Waals surface area contributed by atoms with Gasteiger partial charge in [-0.2, -0.15) is 4.98 Å². The molecule has 0 atom stereocenters. The van der Waals surface area contributed by atoms with Crippen molar-refractivity contribution in [3.8, 4) is 11.5 Å². The SMILES string of the molecule is CCOc1cc(N2CCOCC2)c(OCC)cc1Nc1ncc(Cl)c(Nc2ccccc2S(=O)(=O)NCC(C)C)n1. The molecule has 13 heteroatoms. The zero-order valence-corrected chi connectivity index (χ0v) is 25.3. The van der Waals surface area contributed by atoms with Crippen LogP contribution in [0, 0.1) is 5.92 Å². The highest BCUT2D eigenvalue weighted by Gasteiger charge is 2.22. The van der Waals surface area contributed by atoms with Gasteiger partial charge in [-0.25, -0.2) is 18.1 Å². The fourth-order valence-electron chi connectivity index (χ4n) is 4.17. The maximum Gasteiger partial charge on any atom is 0.242 e. The van der Waals surface area contributed by atoms with Crippen molar-refractivity contribution in [3.05, 3.63) is 47.6 Å². The molecule has 41 heavy (non-hydrogen) atoms. The van der Waals surface area contributed by atoms with Gasteiger partial charge >= 0.3 is 0 Å². The highest BCUT2D eigenvalue weighted by molar-refractivity contribution is 7.89. The second-order valence-electron chi connectivity index (χ2n) is 9.66. The van der Waals surface area contributed by atoms with Gasteiger partial charge in [0.2, 0.25) is 16.0 Å². The van der Waals surface area contributed by atoms with E-state index in [9.17, 15) is 8.42 Å². The van der Waals surface area contributed by atoms with Crippen LogP contribution in [-0.4, -0.2) is 64.4 Å². The van der Waals surface area contributed by atoms with E-state index in [1.54, 1.807) is 18.2 Å². The van der Waals surface area contributed by atoms with Crippen molar-refractivity contribution in [2.45, 2.75) is 32.6 Å². The summed E-state index contributed by atoms with van der Waals surface area (Å²) >= 11 is 6.43. The van der Waals surface area contributed by atoms with Crippen molar-refractivity contribution in [1.29, 1.82) is 0 Å². The van der Waals surface area contributed by atoms with Crippen molar-refractivity contribution in [1.82, 2.24) is 14.7 Å². The molecule has 0 aliphatic carbocycles. The summed E-state index contributed by atoms with van der Waals surface area (Å²) < 4.78 is 46.1. The number of benzene rings is 2. The normalized spacial score (nSPS) is 13.8. The molecule has 0 unspecified atom stereocenters. The van der Waals surface area contributed by atoms with E-state index in [0.29, 0.717) is 55.8 Å². The zero-order chi connectivity index (χ0) is 29.4. The Balaban J connectivity index is 1.65. The van der Waals surface area contributed by atoms with Crippen molar-refractivity contribution < 1.29 is 22.6 Å². The molecule has 1 fully saturated rings. The summed E-state index contributed by atoms with van der Waals surface area (Å²) in [5.74, 6) is 1.93. The lowest BCUT2D eigenvalue weighted by Gasteiger charge is -2.31. The van der Waals surface area contributed by atoms with Crippen molar-refractivity contribution >= 4 is 50.5 Å². The zero-order valence-electron chi connectivity index (χ0n) is 23.7. The molecule has 11 nitrogen and oxygen atoms in total. The molecule has 1 aliphatic rings. The lowest BCUT2D eigenvalue weighted by atomic mass is 10.2. The predicted molar refractivity (Wildman–Crippen MR) is 162 cm³/mol. The Bertz CT molecular complexity index is 1430. The smallest absolute Gasteiger partial charge is 0.242 e. The first kappa shape index (κ1) is 30.6. The van der Waals surface area contributed by atoms with Gasteiger partial charge in [-0.15, -0.1) is 0 Å². The number of morpholine rings is 1. The fourth-order valence-corrected chi connectivity index (χ4v) is 5.68. The predicted octanol–water partition coefficient (Wildman–Crippen LogP) is 5.19. The van der Waals surface area contributed by atoms with Gasteiger partial charge in [0.25, 0.3) is 0 Å². The van der Waals surface area contributed by atoms with E-state index in [2.05, 4.69) is 30.2 Å². The third-order valence-corrected chi connectivity index (χ3v) is 7.87. The van der Waals surface area contributed by atoms with E-state index < -0.39 is 10.0 Å². The number of aromatic nitrogens is 2. The standard InChI is InChI=1S/C28H37ClN6O5S/c1-5-39-24-16-23(35-11-13-38-14-12-35)25(40-6-2)15-22(24)33-28-30-18-20(29)27(34-28)32-21-9-7-8-10-26(21)41(36,37)31-17-19(3)4/h7-10,15-16,18-19,31H,5-6,11-14,17H2,1-4H3,(H2,30,32,33,34). The van der Waals surface area contributed by atoms with E-state index in [0.717, 1.165) is 18.8 Å². The molecule has 1 saturated heterocycles. The summed E-state index contributed by atoms with van der Waals surface area (Å²) in [7, 11) is -3.77. The molecular formula is C28H37ClN6O5S. The van der Waals surface area contributed by atoms with Crippen LogP contribution in [0.2, 0.25) is 5.02 Å². The van der Waals surface area contributed by atoms with Crippen LogP contribution in [0.15, 0.2) is 47.5 Å². The van der Waals surface area contributed by atoms with Gasteiger partial charge in [0.1, 0.15) is 21.4 Å². The van der Waals surface area contributed by atoms with Crippen LogP contribution in [-0.2, 0) is 14.8 Å². The summed E-state index contributed by atoms with van der Waals surface area (Å²) in [4.78, 5) is 11.2. The van der Waals surface area contributed by atoms with Gasteiger partial charge in [-0.05, 0) is 31.9 Å². The third kappa shape index (κ3) is 7.91. The molecule has 3 N–H and O–H groups in total. The molecule has 0 amide bonds. The Morgan fingerprint density at radius 2 is 1.73 bits per heavy atom. The van der Waals surface area contributed by atoms with Crippen LogP contribution in [0.1, 0.15) is 27.7 Å². The number of nitrogens with zero attached hydrogens (tertiary/aromatic N) is 3. The van der Waals surface area contributed by atoms with Gasteiger partial charge in [-0.3, -0.25) is 0 Å². The summed E-state index contributed by atoms with van der Waals surface area (Å²) in [5.41, 5.74) is 1.87. The fraction of sp³-hybridized carbons (Fsp3) is 0.429. The molecule has 222 valence electrons. The number of anilines is 5. The summed E-state index contributed by atoms with van der Waals surface area (Å²) in [5, 5.41) is 6.51. The van der Waals surface area contributed by atoms with Crippen molar-refractivity contribution in [2.24, 2.45) is 5.92 Å². The molecule has 2 heterocycles. The number of hydrogen-bond donors (Lipinski definition) is 3. The first-order valence-corrected chi connectivity index (χ1v) is 15.5. The van der Waals surface area contributed by atoms with E-state index in [1.165, 1.54) is 12.3 Å². The van der Waals surface area contributed by atoms with Crippen LogP contribution in [0.25, 0.3) is 0 Å². The van der Waals surface area contributed by atoms with Crippen LogP contribution < -0.4 is 29.7 Å². The molecule has 0 spiro atoms. The van der Waals surface area contributed by atoms with Crippen LogP contribution in [0.5, 0.6) is 11.5 Å². The number of rotatable bonds is 13. The minimum atomic E-state index is -3.77. The Kier molecular flexibility index (Phi) is 10.5. The summed E-state index contributed by atoms with van der Waals surface area (Å²) in [6.45, 7) is 11.8. The number of ether oxygens (including phenoxy) is 3. The molecule has 2 aromatic carbocycles. The molecule has 0 radical (unpaired) electrons. The van der Waals surface area contributed by atoms with Crippen LogP contribution >= 0.6 is 11.6 Å². The second kappa shape index (κ2) is 14.0. The Hall–Kier alpha value is -3.32. The average molecular weight is 605 g/mol. The van der Waals surface area contributed by atoms with E-state index in [1.807, 2.05) is 39.8 Å². The number of hydrogen-bond acceptors (Lipinski definition) is 10. The summed E-state index contributed by atoms with van der Waals surface area (Å²) in [6, 6.07) is 10.4. The molecule has 1 aromatic heterocycles. The minimum Gasteiger partial charge on any atom is -0.492 e. The van der Waals surface area contributed by atoms with Gasteiger partial charge in [0.15, 0.2) is 5.82 Å². The largest absolute Gasteiger partial charge is 0.492 e. The number of sulfonamides is 1. The first-order valence-electron chi connectivity index (χ1n) is 13.6. The number of halogens is 1. The summed E-state index contributed by atoms with van der Waals surface area (Å²) in [6.07, 6.45) is 1.44. The van der Waals surface area contributed by atoms with Gasteiger partial charge in [0, 0.05) is 31.8 Å². The van der Waals surface area contributed by atoms with E-state index in [-0.39, 0.29) is 27.6 Å². The molecule has 3 aromatic rings. The Morgan fingerprint density at radius 3 is 2.44 bits per heavy atom. The lowest BCUT2D eigenvalue weighted by Crippen LogP contribution is -2.36. The van der Waals surface area contributed by atoms with Gasteiger partial charge < -0.3 is 29.7 Å². The van der Waals surface area contributed by atoms with Crippen molar-refractivity contribution in [2.75, 3.05) is 61.6 Å². The molecule has 1 aliphatic heterocycles. The van der Waals surface area contributed by atoms with E-state index in [4.69, 9.17) is 25.8 Å². The van der Waals surface area contributed by atoms with Gasteiger partial charge in [-0.1, -0.05) is 37.6 Å². The highest BCUT2D eigenvalue weighted by atomic mass is 35.5. The quantitative estimate of drug-likeness (QED) is 0.240. The maximum absolute atomic E-state index is 13.0. The van der Waals surface area contributed by atoms with Crippen molar-refractivity contribution in [3.63, 3.8) is 0 Å². The highest BCUT2D eigenvalue weighted by Crippen LogP contribution is 2.40. The second-order valence-corrected chi connectivity index (χ2v) is 11.8. The van der Waals surface area contributed by atoms with Crippen LogP contribution in [0.3, 0.4) is 0 Å².